The van der Waals surface area contributed by atoms with Crippen molar-refractivity contribution in [2.75, 3.05) is 13.1 Å². The lowest BCUT2D eigenvalue weighted by Gasteiger charge is -2.25. The lowest BCUT2D eigenvalue weighted by Crippen LogP contribution is -2.29. The van der Waals surface area contributed by atoms with Crippen molar-refractivity contribution in [3.8, 4) is 0 Å². The van der Waals surface area contributed by atoms with Gasteiger partial charge in [-0.1, -0.05) is 50.8 Å². The Balaban J connectivity index is 2.10. The third-order valence-electron chi connectivity index (χ3n) is 4.83. The molecule has 1 saturated carbocycles. The van der Waals surface area contributed by atoms with E-state index in [0.717, 1.165) is 18.4 Å². The molecule has 1 aromatic rings. The van der Waals surface area contributed by atoms with Crippen LogP contribution in [-0.4, -0.2) is 13.1 Å². The summed E-state index contributed by atoms with van der Waals surface area (Å²) in [5.74, 6) is 1.76. The molecule has 0 saturated heterocycles. The van der Waals surface area contributed by atoms with Crippen LogP contribution in [0.4, 0.5) is 0 Å². The Kier molecular flexibility index (Phi) is 5.45. The molecule has 0 heterocycles. The molecule has 0 amide bonds. The standard InChI is InChI=1S/C18H29N/c1-4-19-13-17(16-10-5-6-11-16)12-18-14(2)8-7-9-15(18)3/h7-9,16-17,19H,4-6,10-13H2,1-3H3. The average Bonchev–Trinajstić information content (AvgIpc) is 2.91. The molecule has 19 heavy (non-hydrogen) atoms. The Labute approximate surface area is 118 Å². The first-order valence-electron chi connectivity index (χ1n) is 7.98. The normalized spacial score (nSPS) is 17.8. The van der Waals surface area contributed by atoms with E-state index in [9.17, 15) is 0 Å². The van der Waals surface area contributed by atoms with Gasteiger partial charge in [0.15, 0.2) is 0 Å². The maximum atomic E-state index is 3.58. The van der Waals surface area contributed by atoms with E-state index in [1.54, 1.807) is 5.56 Å². The molecule has 106 valence electrons. The zero-order valence-corrected chi connectivity index (χ0v) is 12.8. The first-order valence-corrected chi connectivity index (χ1v) is 7.98. The molecule has 0 radical (unpaired) electrons. The lowest BCUT2D eigenvalue weighted by molar-refractivity contribution is 0.322. The van der Waals surface area contributed by atoms with Crippen molar-refractivity contribution in [2.24, 2.45) is 11.8 Å². The predicted molar refractivity (Wildman–Crippen MR) is 83.6 cm³/mol. The maximum absolute atomic E-state index is 3.58. The first-order chi connectivity index (χ1) is 9.22. The molecule has 1 unspecified atom stereocenters. The smallest absolute Gasteiger partial charge is 0.00148 e. The molecule has 1 aromatic carbocycles. The highest BCUT2D eigenvalue weighted by molar-refractivity contribution is 5.33. The minimum atomic E-state index is 0.822. The molecule has 1 fully saturated rings. The van der Waals surface area contributed by atoms with Gasteiger partial charge in [0.25, 0.3) is 0 Å². The van der Waals surface area contributed by atoms with E-state index in [-0.39, 0.29) is 0 Å². The summed E-state index contributed by atoms with van der Waals surface area (Å²) in [7, 11) is 0. The van der Waals surface area contributed by atoms with Gasteiger partial charge >= 0.3 is 0 Å². The van der Waals surface area contributed by atoms with Gasteiger partial charge in [0.2, 0.25) is 0 Å². The van der Waals surface area contributed by atoms with Crippen LogP contribution in [0.15, 0.2) is 18.2 Å². The highest BCUT2D eigenvalue weighted by Crippen LogP contribution is 2.34. The molecule has 0 aromatic heterocycles. The molecular weight excluding hydrogens is 230 g/mol. The van der Waals surface area contributed by atoms with Crippen molar-refractivity contribution < 1.29 is 0 Å². The summed E-state index contributed by atoms with van der Waals surface area (Å²) in [6.45, 7) is 9.03. The third-order valence-corrected chi connectivity index (χ3v) is 4.83. The fourth-order valence-electron chi connectivity index (χ4n) is 3.60. The minimum Gasteiger partial charge on any atom is -0.317 e. The molecule has 1 aliphatic rings. The van der Waals surface area contributed by atoms with Crippen LogP contribution in [0.25, 0.3) is 0 Å². The average molecular weight is 259 g/mol. The number of rotatable bonds is 6. The van der Waals surface area contributed by atoms with E-state index in [1.807, 2.05) is 0 Å². The number of nitrogens with one attached hydrogen (secondary N) is 1. The van der Waals surface area contributed by atoms with Gasteiger partial charge in [-0.3, -0.25) is 0 Å². The van der Waals surface area contributed by atoms with Gasteiger partial charge in [0.05, 0.1) is 0 Å². The van der Waals surface area contributed by atoms with Gasteiger partial charge < -0.3 is 5.32 Å². The number of hydrogen-bond donors (Lipinski definition) is 1. The second-order valence-corrected chi connectivity index (χ2v) is 6.19. The van der Waals surface area contributed by atoms with Crippen molar-refractivity contribution >= 4 is 0 Å². The Bertz CT molecular complexity index is 370. The van der Waals surface area contributed by atoms with E-state index < -0.39 is 0 Å². The van der Waals surface area contributed by atoms with Crippen molar-refractivity contribution in [1.82, 2.24) is 5.32 Å². The van der Waals surface area contributed by atoms with Crippen LogP contribution >= 0.6 is 0 Å². The van der Waals surface area contributed by atoms with E-state index in [0.29, 0.717) is 0 Å². The van der Waals surface area contributed by atoms with E-state index in [1.165, 1.54) is 49.8 Å². The second kappa shape index (κ2) is 7.09. The number of benzene rings is 1. The zero-order valence-electron chi connectivity index (χ0n) is 12.8. The Morgan fingerprint density at radius 2 is 1.79 bits per heavy atom. The highest BCUT2D eigenvalue weighted by atomic mass is 14.8. The summed E-state index contributed by atoms with van der Waals surface area (Å²) in [6.07, 6.45) is 7.04. The van der Waals surface area contributed by atoms with Gasteiger partial charge in [-0.25, -0.2) is 0 Å². The fourth-order valence-corrected chi connectivity index (χ4v) is 3.60. The van der Waals surface area contributed by atoms with Gasteiger partial charge in [-0.15, -0.1) is 0 Å². The number of aryl methyl sites for hydroxylation is 2. The van der Waals surface area contributed by atoms with Gasteiger partial charge in [-0.2, -0.15) is 0 Å². The summed E-state index contributed by atoms with van der Waals surface area (Å²) in [6, 6.07) is 6.71. The molecule has 1 heteroatoms. The Morgan fingerprint density at radius 1 is 1.16 bits per heavy atom. The molecule has 2 rings (SSSR count). The summed E-state index contributed by atoms with van der Waals surface area (Å²) in [5, 5.41) is 3.58. The number of hydrogen-bond acceptors (Lipinski definition) is 1. The van der Waals surface area contributed by atoms with Gasteiger partial charge in [0.1, 0.15) is 0 Å². The summed E-state index contributed by atoms with van der Waals surface area (Å²) < 4.78 is 0. The fraction of sp³-hybridized carbons (Fsp3) is 0.667. The van der Waals surface area contributed by atoms with Gasteiger partial charge in [0, 0.05) is 0 Å². The summed E-state index contributed by atoms with van der Waals surface area (Å²) in [5.41, 5.74) is 4.54. The van der Waals surface area contributed by atoms with Crippen molar-refractivity contribution in [3.63, 3.8) is 0 Å². The molecule has 1 nitrogen and oxygen atoms in total. The highest BCUT2D eigenvalue weighted by Gasteiger charge is 2.25. The monoisotopic (exact) mass is 259 g/mol. The van der Waals surface area contributed by atoms with Crippen LogP contribution in [0.1, 0.15) is 49.3 Å². The zero-order chi connectivity index (χ0) is 13.7. The largest absolute Gasteiger partial charge is 0.317 e. The molecule has 0 aliphatic heterocycles. The quantitative estimate of drug-likeness (QED) is 0.805. The third kappa shape index (κ3) is 3.82. The topological polar surface area (TPSA) is 12.0 Å². The van der Waals surface area contributed by atoms with E-state index in [4.69, 9.17) is 0 Å². The predicted octanol–water partition coefficient (Wildman–Crippen LogP) is 4.26. The summed E-state index contributed by atoms with van der Waals surface area (Å²) in [4.78, 5) is 0. The maximum Gasteiger partial charge on any atom is -0.00148 e. The molecular formula is C18H29N. The van der Waals surface area contributed by atoms with Crippen LogP contribution in [0.3, 0.4) is 0 Å². The van der Waals surface area contributed by atoms with E-state index >= 15 is 0 Å². The molecule has 0 spiro atoms. The van der Waals surface area contributed by atoms with Crippen molar-refractivity contribution in [1.29, 1.82) is 0 Å². The van der Waals surface area contributed by atoms with Crippen molar-refractivity contribution in [3.05, 3.63) is 34.9 Å². The first kappa shape index (κ1) is 14.6. The van der Waals surface area contributed by atoms with Crippen molar-refractivity contribution in [2.45, 2.75) is 52.9 Å². The van der Waals surface area contributed by atoms with Crippen LogP contribution in [0.2, 0.25) is 0 Å². The molecule has 1 N–H and O–H groups in total. The molecule has 1 atom stereocenters. The van der Waals surface area contributed by atoms with E-state index in [2.05, 4.69) is 44.3 Å². The SMILES string of the molecule is CCNCC(Cc1c(C)cccc1C)C1CCCC1. The molecule has 1 aliphatic carbocycles. The van der Waals surface area contributed by atoms with Crippen LogP contribution < -0.4 is 5.32 Å². The van der Waals surface area contributed by atoms with Crippen LogP contribution in [-0.2, 0) is 6.42 Å². The Hall–Kier alpha value is -0.820. The summed E-state index contributed by atoms with van der Waals surface area (Å²) >= 11 is 0. The minimum absolute atomic E-state index is 0.822. The second-order valence-electron chi connectivity index (χ2n) is 6.19. The lowest BCUT2D eigenvalue weighted by atomic mass is 9.83. The Morgan fingerprint density at radius 3 is 2.37 bits per heavy atom. The molecule has 0 bridgehead atoms. The van der Waals surface area contributed by atoms with Crippen LogP contribution in [0, 0.1) is 25.7 Å². The van der Waals surface area contributed by atoms with Crippen LogP contribution in [0.5, 0.6) is 0 Å². The van der Waals surface area contributed by atoms with Gasteiger partial charge in [-0.05, 0) is 61.9 Å².